The Kier molecular flexibility index (Phi) is 4.05. The third-order valence-corrected chi connectivity index (χ3v) is 4.09. The number of aliphatic carboxylic acids is 1. The molecule has 1 saturated heterocycles. The van der Waals surface area contributed by atoms with E-state index in [1.807, 2.05) is 0 Å². The molecular weight excluding hydrogens is 220 g/mol. The minimum atomic E-state index is -0.922. The molecule has 0 bridgehead atoms. The molecule has 1 aliphatic heterocycles. The molecule has 0 aromatic rings. The minimum absolute atomic E-state index is 0.380. The van der Waals surface area contributed by atoms with Crippen LogP contribution in [0.5, 0.6) is 0 Å². The Labute approximate surface area is 102 Å². The van der Waals surface area contributed by atoms with Gasteiger partial charge < -0.3 is 14.6 Å². The van der Waals surface area contributed by atoms with Crippen LogP contribution in [0.25, 0.3) is 0 Å². The molecule has 0 spiro atoms. The first-order chi connectivity index (χ1) is 8.12. The molecule has 1 unspecified atom stereocenters. The standard InChI is InChI=1S/C13H22O4/c1-10-2-5-13(6-3-10,12(14)15)17-9-11-4-7-16-8-11/h10-11H,2-9H2,1H3,(H,14,15). The summed E-state index contributed by atoms with van der Waals surface area (Å²) in [7, 11) is 0. The Bertz CT molecular complexity index is 263. The summed E-state index contributed by atoms with van der Waals surface area (Å²) in [5.74, 6) is 0.217. The summed E-state index contributed by atoms with van der Waals surface area (Å²) in [4.78, 5) is 11.4. The molecule has 17 heavy (non-hydrogen) atoms. The lowest BCUT2D eigenvalue weighted by Gasteiger charge is -2.36. The lowest BCUT2D eigenvalue weighted by molar-refractivity contribution is -0.174. The van der Waals surface area contributed by atoms with E-state index in [4.69, 9.17) is 9.47 Å². The molecule has 4 heteroatoms. The van der Waals surface area contributed by atoms with Crippen LogP contribution in [0.2, 0.25) is 0 Å². The van der Waals surface area contributed by atoms with Crippen LogP contribution in [0.3, 0.4) is 0 Å². The first kappa shape index (κ1) is 12.8. The summed E-state index contributed by atoms with van der Waals surface area (Å²) in [5, 5.41) is 9.39. The number of rotatable bonds is 4. The van der Waals surface area contributed by atoms with E-state index in [1.165, 1.54) is 0 Å². The first-order valence-corrected chi connectivity index (χ1v) is 6.57. The van der Waals surface area contributed by atoms with Gasteiger partial charge in [0.1, 0.15) is 0 Å². The molecule has 2 rings (SSSR count). The summed E-state index contributed by atoms with van der Waals surface area (Å²) < 4.78 is 11.1. The molecule has 2 fully saturated rings. The molecule has 0 amide bonds. The Hall–Kier alpha value is -0.610. The van der Waals surface area contributed by atoms with Crippen LogP contribution >= 0.6 is 0 Å². The molecule has 1 saturated carbocycles. The zero-order valence-electron chi connectivity index (χ0n) is 10.5. The average Bonchev–Trinajstić information content (AvgIpc) is 2.81. The fraction of sp³-hybridized carbons (Fsp3) is 0.923. The van der Waals surface area contributed by atoms with Gasteiger partial charge in [-0.1, -0.05) is 6.92 Å². The maximum Gasteiger partial charge on any atom is 0.335 e. The number of carbonyl (C=O) groups is 1. The first-order valence-electron chi connectivity index (χ1n) is 6.57. The highest BCUT2D eigenvalue weighted by Gasteiger charge is 2.42. The van der Waals surface area contributed by atoms with Gasteiger partial charge in [0.2, 0.25) is 0 Å². The Balaban J connectivity index is 1.89. The number of hydrogen-bond acceptors (Lipinski definition) is 3. The van der Waals surface area contributed by atoms with Gasteiger partial charge >= 0.3 is 5.97 Å². The second-order valence-corrected chi connectivity index (χ2v) is 5.52. The normalized spacial score (nSPS) is 38.2. The molecule has 1 N–H and O–H groups in total. The molecule has 1 heterocycles. The topological polar surface area (TPSA) is 55.8 Å². The summed E-state index contributed by atoms with van der Waals surface area (Å²) in [6.07, 6.45) is 4.20. The van der Waals surface area contributed by atoms with Crippen molar-refractivity contribution < 1.29 is 19.4 Å². The van der Waals surface area contributed by atoms with E-state index in [2.05, 4.69) is 6.92 Å². The highest BCUT2D eigenvalue weighted by Crippen LogP contribution is 2.35. The second kappa shape index (κ2) is 5.36. The van der Waals surface area contributed by atoms with Crippen LogP contribution in [0, 0.1) is 11.8 Å². The Morgan fingerprint density at radius 3 is 2.65 bits per heavy atom. The highest BCUT2D eigenvalue weighted by atomic mass is 16.5. The van der Waals surface area contributed by atoms with Crippen LogP contribution in [0.15, 0.2) is 0 Å². The van der Waals surface area contributed by atoms with E-state index in [1.54, 1.807) is 0 Å². The van der Waals surface area contributed by atoms with Gasteiger partial charge in [-0.3, -0.25) is 0 Å². The molecule has 0 radical (unpaired) electrons. The van der Waals surface area contributed by atoms with E-state index in [0.29, 0.717) is 37.9 Å². The van der Waals surface area contributed by atoms with Crippen molar-refractivity contribution in [3.63, 3.8) is 0 Å². The SMILES string of the molecule is CC1CCC(OCC2CCOC2)(C(=O)O)CC1. The van der Waals surface area contributed by atoms with E-state index < -0.39 is 11.6 Å². The quantitative estimate of drug-likeness (QED) is 0.820. The van der Waals surface area contributed by atoms with Crippen LogP contribution < -0.4 is 0 Å². The maximum atomic E-state index is 11.4. The van der Waals surface area contributed by atoms with Gasteiger partial charge in [-0.05, 0) is 38.0 Å². The molecule has 2 aliphatic rings. The molecule has 1 aliphatic carbocycles. The van der Waals surface area contributed by atoms with Crippen LogP contribution in [-0.4, -0.2) is 36.5 Å². The molecule has 4 nitrogen and oxygen atoms in total. The molecule has 1 atom stereocenters. The second-order valence-electron chi connectivity index (χ2n) is 5.52. The van der Waals surface area contributed by atoms with Gasteiger partial charge in [-0.25, -0.2) is 4.79 Å². The fourth-order valence-electron chi connectivity index (χ4n) is 2.64. The summed E-state index contributed by atoms with van der Waals surface area (Å²) in [6, 6.07) is 0. The van der Waals surface area contributed by atoms with E-state index in [-0.39, 0.29) is 0 Å². The van der Waals surface area contributed by atoms with E-state index >= 15 is 0 Å². The van der Waals surface area contributed by atoms with Gasteiger partial charge in [0, 0.05) is 12.5 Å². The van der Waals surface area contributed by atoms with Crippen LogP contribution in [-0.2, 0) is 14.3 Å². The fourth-order valence-corrected chi connectivity index (χ4v) is 2.64. The molecule has 0 aromatic carbocycles. The number of carboxylic acid groups (broad SMARTS) is 1. The van der Waals surface area contributed by atoms with Gasteiger partial charge in [-0.15, -0.1) is 0 Å². The van der Waals surface area contributed by atoms with Gasteiger partial charge in [0.15, 0.2) is 5.60 Å². The predicted molar refractivity (Wildman–Crippen MR) is 62.9 cm³/mol. The third kappa shape index (κ3) is 2.99. The smallest absolute Gasteiger partial charge is 0.335 e. The predicted octanol–water partition coefficient (Wildman–Crippen LogP) is 2.07. The van der Waals surface area contributed by atoms with Crippen molar-refractivity contribution in [2.24, 2.45) is 11.8 Å². The van der Waals surface area contributed by atoms with Gasteiger partial charge in [0.05, 0.1) is 13.2 Å². The zero-order chi connectivity index (χ0) is 12.3. The number of ether oxygens (including phenoxy) is 2. The highest BCUT2D eigenvalue weighted by molar-refractivity contribution is 5.77. The Morgan fingerprint density at radius 2 is 2.12 bits per heavy atom. The van der Waals surface area contributed by atoms with Gasteiger partial charge in [0.25, 0.3) is 0 Å². The monoisotopic (exact) mass is 242 g/mol. The largest absolute Gasteiger partial charge is 0.479 e. The van der Waals surface area contributed by atoms with Crippen molar-refractivity contribution in [1.29, 1.82) is 0 Å². The van der Waals surface area contributed by atoms with Crippen LogP contribution in [0.4, 0.5) is 0 Å². The maximum absolute atomic E-state index is 11.4. The van der Waals surface area contributed by atoms with E-state index in [0.717, 1.165) is 25.9 Å². The Morgan fingerprint density at radius 1 is 1.41 bits per heavy atom. The molecule has 98 valence electrons. The van der Waals surface area contributed by atoms with Gasteiger partial charge in [-0.2, -0.15) is 0 Å². The number of hydrogen-bond donors (Lipinski definition) is 1. The summed E-state index contributed by atoms with van der Waals surface area (Å²) in [6.45, 7) is 4.20. The van der Waals surface area contributed by atoms with Crippen molar-refractivity contribution in [2.45, 2.75) is 44.6 Å². The number of carboxylic acids is 1. The summed E-state index contributed by atoms with van der Waals surface area (Å²) >= 11 is 0. The van der Waals surface area contributed by atoms with Crippen LogP contribution in [0.1, 0.15) is 39.0 Å². The van der Waals surface area contributed by atoms with Crippen molar-refractivity contribution in [3.05, 3.63) is 0 Å². The summed E-state index contributed by atoms with van der Waals surface area (Å²) in [5.41, 5.74) is -0.922. The van der Waals surface area contributed by atoms with Crippen molar-refractivity contribution in [2.75, 3.05) is 19.8 Å². The molecular formula is C13H22O4. The van der Waals surface area contributed by atoms with Crippen molar-refractivity contribution in [1.82, 2.24) is 0 Å². The average molecular weight is 242 g/mol. The van der Waals surface area contributed by atoms with E-state index in [9.17, 15) is 9.90 Å². The molecule has 0 aromatic heterocycles. The lowest BCUT2D eigenvalue weighted by atomic mass is 9.79. The third-order valence-electron chi connectivity index (χ3n) is 4.09. The van der Waals surface area contributed by atoms with Crippen molar-refractivity contribution >= 4 is 5.97 Å². The lowest BCUT2D eigenvalue weighted by Crippen LogP contribution is -2.45. The van der Waals surface area contributed by atoms with Crippen molar-refractivity contribution in [3.8, 4) is 0 Å². The zero-order valence-corrected chi connectivity index (χ0v) is 10.5. The minimum Gasteiger partial charge on any atom is -0.479 e.